The molecule has 2 nitrogen and oxygen atoms in total. The van der Waals surface area contributed by atoms with Crippen molar-refractivity contribution in [1.29, 1.82) is 0 Å². The molecule has 1 aromatic carbocycles. The average molecular weight is 273 g/mol. The molecule has 1 unspecified atom stereocenters. The number of benzene rings is 1. The number of ether oxygens (including phenoxy) is 1. The van der Waals surface area contributed by atoms with E-state index in [4.69, 9.17) is 4.74 Å². The highest BCUT2D eigenvalue weighted by Crippen LogP contribution is 2.13. The van der Waals surface area contributed by atoms with E-state index in [0.29, 0.717) is 0 Å². The summed E-state index contributed by atoms with van der Waals surface area (Å²) in [4.78, 5) is 0. The number of aliphatic hydroxyl groups is 1. The van der Waals surface area contributed by atoms with E-state index in [9.17, 15) is 5.11 Å². The van der Waals surface area contributed by atoms with Gasteiger partial charge in [0.25, 0.3) is 0 Å². The molecule has 1 rings (SSSR count). The largest absolute Gasteiger partial charge is 0.393 e. The van der Waals surface area contributed by atoms with Gasteiger partial charge in [-0.15, -0.1) is 0 Å². The number of hydrogen-bond acceptors (Lipinski definition) is 2. The lowest BCUT2D eigenvalue weighted by Gasteiger charge is -2.10. The predicted molar refractivity (Wildman–Crippen MR) is 65.0 cm³/mol. The van der Waals surface area contributed by atoms with Crippen LogP contribution in [0.15, 0.2) is 28.7 Å². The van der Waals surface area contributed by atoms with Crippen LogP contribution in [-0.4, -0.2) is 24.9 Å². The van der Waals surface area contributed by atoms with Crippen molar-refractivity contribution in [3.05, 3.63) is 34.3 Å². The highest BCUT2D eigenvalue weighted by Gasteiger charge is 2.04. The van der Waals surface area contributed by atoms with E-state index in [-0.39, 0.29) is 6.10 Å². The second-order valence-electron chi connectivity index (χ2n) is 3.62. The lowest BCUT2D eigenvalue weighted by molar-refractivity contribution is 0.135. The third-order valence-electron chi connectivity index (χ3n) is 2.27. The van der Waals surface area contributed by atoms with Crippen LogP contribution in [0.5, 0.6) is 0 Å². The van der Waals surface area contributed by atoms with Crippen molar-refractivity contribution < 1.29 is 9.84 Å². The minimum atomic E-state index is -0.263. The summed E-state index contributed by atoms with van der Waals surface area (Å²) in [5.74, 6) is 0. The Morgan fingerprint density at radius 3 is 2.60 bits per heavy atom. The quantitative estimate of drug-likeness (QED) is 0.807. The molecule has 0 spiro atoms. The van der Waals surface area contributed by atoms with Gasteiger partial charge in [-0.3, -0.25) is 0 Å². The highest BCUT2D eigenvalue weighted by molar-refractivity contribution is 9.10. The summed E-state index contributed by atoms with van der Waals surface area (Å²) >= 11 is 3.38. The fraction of sp³-hybridized carbons (Fsp3) is 0.500. The van der Waals surface area contributed by atoms with Crippen molar-refractivity contribution in [3.63, 3.8) is 0 Å². The van der Waals surface area contributed by atoms with E-state index in [1.807, 2.05) is 24.3 Å². The third-order valence-corrected chi connectivity index (χ3v) is 2.80. The molecule has 1 N–H and O–H groups in total. The smallest absolute Gasteiger partial charge is 0.0581 e. The highest BCUT2D eigenvalue weighted by atomic mass is 79.9. The van der Waals surface area contributed by atoms with Gasteiger partial charge in [0.1, 0.15) is 0 Å². The molecular weight excluding hydrogens is 256 g/mol. The Morgan fingerprint density at radius 1 is 1.33 bits per heavy atom. The van der Waals surface area contributed by atoms with Gasteiger partial charge in [0, 0.05) is 18.2 Å². The van der Waals surface area contributed by atoms with Gasteiger partial charge in [0.05, 0.1) is 6.10 Å². The van der Waals surface area contributed by atoms with Gasteiger partial charge in [0.15, 0.2) is 0 Å². The molecule has 1 atom stereocenters. The Kier molecular flexibility index (Phi) is 5.91. The minimum absolute atomic E-state index is 0.263. The van der Waals surface area contributed by atoms with Crippen LogP contribution in [-0.2, 0) is 11.2 Å². The lowest BCUT2D eigenvalue weighted by Crippen LogP contribution is -2.11. The van der Waals surface area contributed by atoms with Gasteiger partial charge in [-0.05, 0) is 37.0 Å². The molecule has 84 valence electrons. The molecule has 0 bridgehead atoms. The number of aliphatic hydroxyl groups excluding tert-OH is 1. The van der Waals surface area contributed by atoms with Crippen LogP contribution in [0.2, 0.25) is 0 Å². The molecule has 0 aliphatic heterocycles. The van der Waals surface area contributed by atoms with Gasteiger partial charge in [-0.25, -0.2) is 0 Å². The van der Waals surface area contributed by atoms with Crippen LogP contribution in [0.4, 0.5) is 0 Å². The first kappa shape index (κ1) is 12.7. The first-order valence-corrected chi connectivity index (χ1v) is 5.93. The molecule has 0 aromatic heterocycles. The SMILES string of the molecule is COCCCC(O)Cc1ccc(Br)cc1. The van der Waals surface area contributed by atoms with E-state index in [2.05, 4.69) is 15.9 Å². The fourth-order valence-electron chi connectivity index (χ4n) is 1.46. The summed E-state index contributed by atoms with van der Waals surface area (Å²) in [6.07, 6.45) is 2.16. The van der Waals surface area contributed by atoms with Crippen molar-refractivity contribution in [3.8, 4) is 0 Å². The molecule has 0 saturated heterocycles. The van der Waals surface area contributed by atoms with Crippen molar-refractivity contribution >= 4 is 15.9 Å². The number of rotatable bonds is 6. The maximum Gasteiger partial charge on any atom is 0.0581 e. The fourth-order valence-corrected chi connectivity index (χ4v) is 1.72. The Bertz CT molecular complexity index is 271. The van der Waals surface area contributed by atoms with Crippen LogP contribution in [0.25, 0.3) is 0 Å². The zero-order chi connectivity index (χ0) is 11.1. The first-order chi connectivity index (χ1) is 7.22. The molecule has 0 aliphatic carbocycles. The molecule has 0 radical (unpaired) electrons. The standard InChI is InChI=1S/C12H17BrO2/c1-15-8-2-3-12(14)9-10-4-6-11(13)7-5-10/h4-7,12,14H,2-3,8-9H2,1H3. The third kappa shape index (κ3) is 5.30. The Hall–Kier alpha value is -0.380. The normalized spacial score (nSPS) is 12.7. The van der Waals surface area contributed by atoms with Crippen LogP contribution in [0.1, 0.15) is 18.4 Å². The molecular formula is C12H17BrO2. The topological polar surface area (TPSA) is 29.5 Å². The van der Waals surface area contributed by atoms with Crippen molar-refractivity contribution in [2.75, 3.05) is 13.7 Å². The van der Waals surface area contributed by atoms with Crippen LogP contribution >= 0.6 is 15.9 Å². The van der Waals surface area contributed by atoms with Crippen LogP contribution < -0.4 is 0 Å². The number of methoxy groups -OCH3 is 1. The summed E-state index contributed by atoms with van der Waals surface area (Å²) in [5, 5.41) is 9.73. The van der Waals surface area contributed by atoms with Crippen LogP contribution in [0, 0.1) is 0 Å². The van der Waals surface area contributed by atoms with E-state index in [1.54, 1.807) is 7.11 Å². The van der Waals surface area contributed by atoms with Gasteiger partial charge < -0.3 is 9.84 Å². The molecule has 15 heavy (non-hydrogen) atoms. The Labute approximate surface area is 99.4 Å². The van der Waals surface area contributed by atoms with Crippen molar-refractivity contribution in [1.82, 2.24) is 0 Å². The van der Waals surface area contributed by atoms with Gasteiger partial charge in [0.2, 0.25) is 0 Å². The van der Waals surface area contributed by atoms with Gasteiger partial charge >= 0.3 is 0 Å². The molecule has 0 fully saturated rings. The zero-order valence-corrected chi connectivity index (χ0v) is 10.5. The van der Waals surface area contributed by atoms with Crippen molar-refractivity contribution in [2.24, 2.45) is 0 Å². The number of hydrogen-bond donors (Lipinski definition) is 1. The maximum atomic E-state index is 9.73. The summed E-state index contributed by atoms with van der Waals surface area (Å²) < 4.78 is 6.01. The van der Waals surface area contributed by atoms with Gasteiger partial charge in [-0.1, -0.05) is 28.1 Å². The molecule has 3 heteroatoms. The summed E-state index contributed by atoms with van der Waals surface area (Å²) in [7, 11) is 1.68. The summed E-state index contributed by atoms with van der Waals surface area (Å²) in [6, 6.07) is 8.06. The van der Waals surface area contributed by atoms with E-state index in [1.165, 1.54) is 5.56 Å². The molecule has 0 amide bonds. The van der Waals surface area contributed by atoms with E-state index < -0.39 is 0 Å². The second-order valence-corrected chi connectivity index (χ2v) is 4.54. The van der Waals surface area contributed by atoms with Crippen molar-refractivity contribution in [2.45, 2.75) is 25.4 Å². The first-order valence-electron chi connectivity index (χ1n) is 5.14. The zero-order valence-electron chi connectivity index (χ0n) is 8.95. The monoisotopic (exact) mass is 272 g/mol. The Balaban J connectivity index is 2.31. The van der Waals surface area contributed by atoms with Gasteiger partial charge in [-0.2, -0.15) is 0 Å². The van der Waals surface area contributed by atoms with E-state index in [0.717, 1.165) is 30.3 Å². The summed E-state index contributed by atoms with van der Waals surface area (Å²) in [6.45, 7) is 0.720. The molecule has 0 saturated carbocycles. The number of halogens is 1. The minimum Gasteiger partial charge on any atom is -0.393 e. The summed E-state index contributed by atoms with van der Waals surface area (Å²) in [5.41, 5.74) is 1.17. The molecule has 0 aliphatic rings. The molecule has 0 heterocycles. The van der Waals surface area contributed by atoms with Crippen LogP contribution in [0.3, 0.4) is 0 Å². The second kappa shape index (κ2) is 6.99. The Morgan fingerprint density at radius 2 is 2.00 bits per heavy atom. The predicted octanol–water partition coefficient (Wildman–Crippen LogP) is 2.78. The average Bonchev–Trinajstić information content (AvgIpc) is 2.22. The van der Waals surface area contributed by atoms with E-state index >= 15 is 0 Å². The molecule has 1 aromatic rings. The lowest BCUT2D eigenvalue weighted by atomic mass is 10.0. The maximum absolute atomic E-state index is 9.73.